The molecular weight excluding hydrogens is 506 g/mol. The van der Waals surface area contributed by atoms with Gasteiger partial charge in [-0.15, -0.1) is 0 Å². The zero-order valence-electron chi connectivity index (χ0n) is 22.1. The van der Waals surface area contributed by atoms with Crippen molar-refractivity contribution in [3.8, 4) is 22.5 Å². The Morgan fingerprint density at radius 2 is 1.82 bits per heavy atom. The van der Waals surface area contributed by atoms with Crippen LogP contribution in [0.1, 0.15) is 72.2 Å². The number of aryl methyl sites for hydroxylation is 1. The van der Waals surface area contributed by atoms with Crippen LogP contribution in [0.2, 0.25) is 0 Å². The number of nitrogens with one attached hydrogen (secondary N) is 1. The number of aromatic amines is 1. The van der Waals surface area contributed by atoms with Crippen LogP contribution in [0.4, 0.5) is 5.82 Å². The highest BCUT2D eigenvalue weighted by molar-refractivity contribution is 5.91. The number of carbonyl (C=O) groups is 1. The van der Waals surface area contributed by atoms with Crippen molar-refractivity contribution in [2.24, 2.45) is 7.05 Å². The highest BCUT2D eigenvalue weighted by Gasteiger charge is 2.46. The van der Waals surface area contributed by atoms with E-state index in [2.05, 4.69) is 30.2 Å². The fraction of sp³-hybridized carbons (Fsp3) is 0.393. The summed E-state index contributed by atoms with van der Waals surface area (Å²) in [7, 11) is 1.94. The molecule has 5 aromatic heterocycles. The lowest BCUT2D eigenvalue weighted by Gasteiger charge is -2.39. The summed E-state index contributed by atoms with van der Waals surface area (Å²) < 4.78 is 3.69. The quantitative estimate of drug-likeness (QED) is 0.348. The first-order valence-corrected chi connectivity index (χ1v) is 13.8. The van der Waals surface area contributed by atoms with Crippen LogP contribution in [0, 0.1) is 0 Å². The number of fused-ring (bicyclic) bond motifs is 3. The first-order chi connectivity index (χ1) is 19.5. The molecule has 12 nitrogen and oxygen atoms in total. The topological polar surface area (TPSA) is 149 Å². The third-order valence-electron chi connectivity index (χ3n) is 8.75. The molecule has 1 saturated carbocycles. The van der Waals surface area contributed by atoms with Crippen LogP contribution < -0.4 is 5.73 Å². The first-order valence-electron chi connectivity index (χ1n) is 13.8. The number of anilines is 1. The Hall–Kier alpha value is -4.61. The number of carbonyl (C=O) groups excluding carboxylic acids is 1. The Labute approximate surface area is 229 Å². The smallest absolute Gasteiger partial charge is 0.291 e. The molecule has 2 atom stereocenters. The summed E-state index contributed by atoms with van der Waals surface area (Å²) in [4.78, 5) is 33.7. The number of piperidine rings is 1. The summed E-state index contributed by atoms with van der Waals surface area (Å²) in [6, 6.07) is 4.32. The highest BCUT2D eigenvalue weighted by Crippen LogP contribution is 2.50. The van der Waals surface area contributed by atoms with Crippen molar-refractivity contribution >= 4 is 17.4 Å². The fourth-order valence-corrected chi connectivity index (χ4v) is 6.76. The minimum atomic E-state index is -0.0616. The predicted molar refractivity (Wildman–Crippen MR) is 146 cm³/mol. The molecule has 8 rings (SSSR count). The average molecular weight is 536 g/mol. The van der Waals surface area contributed by atoms with Crippen molar-refractivity contribution < 1.29 is 4.79 Å². The molecule has 2 bridgehead atoms. The van der Waals surface area contributed by atoms with E-state index in [1.54, 1.807) is 10.8 Å². The normalized spacial score (nSPS) is 22.3. The fourth-order valence-electron chi connectivity index (χ4n) is 6.76. The van der Waals surface area contributed by atoms with Crippen LogP contribution in [0.5, 0.6) is 0 Å². The van der Waals surface area contributed by atoms with Gasteiger partial charge in [0.15, 0.2) is 5.65 Å². The van der Waals surface area contributed by atoms with Gasteiger partial charge in [0, 0.05) is 54.1 Å². The maximum Gasteiger partial charge on any atom is 0.291 e. The third kappa shape index (κ3) is 3.62. The number of nitrogen functional groups attached to an aromatic ring is 1. The number of rotatable bonds is 5. The Morgan fingerprint density at radius 3 is 2.48 bits per heavy atom. The summed E-state index contributed by atoms with van der Waals surface area (Å²) in [5.74, 6) is 1.58. The van der Waals surface area contributed by atoms with Crippen LogP contribution in [-0.2, 0) is 7.05 Å². The lowest BCUT2D eigenvalue weighted by molar-refractivity contribution is 0.0557. The van der Waals surface area contributed by atoms with Crippen LogP contribution in [0.15, 0.2) is 43.4 Å². The minimum absolute atomic E-state index is 0.0616. The second-order valence-electron chi connectivity index (χ2n) is 11.3. The maximum absolute atomic E-state index is 13.2. The van der Waals surface area contributed by atoms with Crippen molar-refractivity contribution in [2.75, 3.05) is 5.73 Å². The minimum Gasteiger partial charge on any atom is -0.383 e. The van der Waals surface area contributed by atoms with E-state index >= 15 is 0 Å². The van der Waals surface area contributed by atoms with E-state index in [-0.39, 0.29) is 23.9 Å². The Morgan fingerprint density at radius 1 is 1.00 bits per heavy atom. The number of nitrogens with zero attached hydrogens (tertiary/aromatic N) is 9. The molecule has 0 radical (unpaired) electrons. The van der Waals surface area contributed by atoms with Crippen LogP contribution in [-0.4, -0.2) is 67.2 Å². The second kappa shape index (κ2) is 8.70. The number of hydrogen-bond donors (Lipinski definition) is 2. The molecule has 1 amide bonds. The van der Waals surface area contributed by atoms with E-state index in [1.807, 2.05) is 47.2 Å². The van der Waals surface area contributed by atoms with Crippen molar-refractivity contribution in [3.63, 3.8) is 0 Å². The van der Waals surface area contributed by atoms with Gasteiger partial charge in [-0.3, -0.25) is 14.9 Å². The zero-order valence-corrected chi connectivity index (χ0v) is 22.1. The number of H-pyrrole nitrogens is 1. The molecule has 3 N–H and O–H groups in total. The van der Waals surface area contributed by atoms with Gasteiger partial charge >= 0.3 is 0 Å². The maximum atomic E-state index is 13.2. The van der Waals surface area contributed by atoms with Gasteiger partial charge in [0.05, 0.1) is 23.9 Å². The van der Waals surface area contributed by atoms with E-state index < -0.39 is 0 Å². The van der Waals surface area contributed by atoms with Gasteiger partial charge in [-0.25, -0.2) is 15.0 Å². The molecule has 3 aliphatic rings. The molecule has 40 heavy (non-hydrogen) atoms. The largest absolute Gasteiger partial charge is 0.383 e. The molecule has 2 saturated heterocycles. The monoisotopic (exact) mass is 535 g/mol. The average Bonchev–Trinajstić information content (AvgIpc) is 3.31. The summed E-state index contributed by atoms with van der Waals surface area (Å²) in [6.45, 7) is 0. The van der Waals surface area contributed by atoms with E-state index in [9.17, 15) is 4.79 Å². The summed E-state index contributed by atoms with van der Waals surface area (Å²) in [6.07, 6.45) is 14.7. The van der Waals surface area contributed by atoms with Crippen molar-refractivity contribution in [1.82, 2.24) is 49.2 Å². The molecule has 12 heteroatoms. The van der Waals surface area contributed by atoms with E-state index in [0.717, 1.165) is 77.9 Å². The van der Waals surface area contributed by atoms with Gasteiger partial charge < -0.3 is 15.2 Å². The highest BCUT2D eigenvalue weighted by atomic mass is 16.2. The Bertz CT molecular complexity index is 1720. The predicted octanol–water partition coefficient (Wildman–Crippen LogP) is 3.32. The molecule has 1 aliphatic carbocycles. The zero-order chi connectivity index (χ0) is 27.0. The van der Waals surface area contributed by atoms with Crippen molar-refractivity contribution in [2.45, 2.75) is 62.4 Å². The van der Waals surface area contributed by atoms with Gasteiger partial charge in [-0.1, -0.05) is 6.07 Å². The number of nitrogens with two attached hydrogens (primary N) is 1. The number of hydrogen-bond acceptors (Lipinski definition) is 8. The molecule has 0 spiro atoms. The van der Waals surface area contributed by atoms with Crippen molar-refractivity contribution in [1.29, 1.82) is 0 Å². The summed E-state index contributed by atoms with van der Waals surface area (Å²) in [5, 5.41) is 11.3. The SMILES string of the molecule is Cn1cnc(-c2ccc(-c3cnn4c(N)c(C5CC5)c(C5CC6CCC(C5)N6C(=O)c5ncn[nH]5)nc34)cn2)c1. The Kier molecular flexibility index (Phi) is 5.07. The second-order valence-corrected chi connectivity index (χ2v) is 11.3. The molecule has 202 valence electrons. The lowest BCUT2D eigenvalue weighted by atomic mass is 9.85. The molecule has 5 aromatic rings. The van der Waals surface area contributed by atoms with Gasteiger partial charge in [0.1, 0.15) is 17.8 Å². The van der Waals surface area contributed by atoms with Crippen LogP contribution in [0.25, 0.3) is 28.2 Å². The van der Waals surface area contributed by atoms with Gasteiger partial charge in [-0.2, -0.15) is 14.7 Å². The van der Waals surface area contributed by atoms with Crippen molar-refractivity contribution in [3.05, 3.63) is 60.5 Å². The first kappa shape index (κ1) is 23.3. The van der Waals surface area contributed by atoms with E-state index in [4.69, 9.17) is 10.7 Å². The van der Waals surface area contributed by atoms with E-state index in [1.165, 1.54) is 6.33 Å². The molecule has 3 fully saturated rings. The summed E-state index contributed by atoms with van der Waals surface area (Å²) >= 11 is 0. The lowest BCUT2D eigenvalue weighted by Crippen LogP contribution is -2.46. The van der Waals surface area contributed by atoms with Crippen LogP contribution in [0.3, 0.4) is 0 Å². The van der Waals surface area contributed by atoms with Gasteiger partial charge in [0.2, 0.25) is 5.82 Å². The molecule has 2 unspecified atom stereocenters. The summed E-state index contributed by atoms with van der Waals surface area (Å²) in [5.41, 5.74) is 13.3. The third-order valence-corrected chi connectivity index (χ3v) is 8.75. The number of amides is 1. The molecule has 0 aromatic carbocycles. The van der Waals surface area contributed by atoms with E-state index in [0.29, 0.717) is 17.6 Å². The number of pyridine rings is 1. The molecular formula is C28H29N11O. The number of imidazole rings is 1. The van der Waals surface area contributed by atoms with Gasteiger partial charge in [0.25, 0.3) is 5.91 Å². The molecule has 2 aliphatic heterocycles. The standard InChI is InChI=1S/C28H29N11O/c1-37-12-22(32-14-37)21-7-4-16(10-30-21)20-11-34-39-25(29)23(15-2-3-15)24(35-27(20)39)17-8-18-5-6-19(9-17)38(18)28(40)26-31-13-33-36-26/h4,7,10-15,17-19H,2-3,5-6,8-9,29H2,1H3,(H,31,33,36). The van der Waals surface area contributed by atoms with Gasteiger partial charge in [-0.05, 0) is 50.5 Å². The van der Waals surface area contributed by atoms with Crippen LogP contribution >= 0.6 is 0 Å². The molecule has 7 heterocycles. The Balaban J connectivity index is 1.16. The number of aromatic nitrogens is 9.